The molecule has 0 fully saturated rings. The number of aryl methyl sites for hydroxylation is 2. The Morgan fingerprint density at radius 3 is 2.38 bits per heavy atom. The van der Waals surface area contributed by atoms with E-state index in [9.17, 15) is 14.0 Å². The van der Waals surface area contributed by atoms with Gasteiger partial charge < -0.3 is 9.64 Å². The molecule has 1 aliphatic heterocycles. The van der Waals surface area contributed by atoms with Crippen LogP contribution in [0.25, 0.3) is 0 Å². The van der Waals surface area contributed by atoms with Crippen LogP contribution >= 0.6 is 0 Å². The highest BCUT2D eigenvalue weighted by Crippen LogP contribution is 2.39. The summed E-state index contributed by atoms with van der Waals surface area (Å²) in [6, 6.07) is 8.13. The third-order valence-corrected chi connectivity index (χ3v) is 5.58. The number of carbonyl (C=O) groups is 2. The van der Waals surface area contributed by atoms with Crippen LogP contribution in [0, 0.1) is 26.6 Å². The molecule has 3 rings (SSSR count). The van der Waals surface area contributed by atoms with E-state index in [1.54, 1.807) is 35.8 Å². The number of hydrogen-bond donors (Lipinski definition) is 0. The van der Waals surface area contributed by atoms with Crippen molar-refractivity contribution in [2.75, 3.05) is 23.0 Å². The SMILES string of the molecule is CCOC(=O)N1c2cc(C)c(C)cc2N(C(=O)c2cccc(F)c2C)CC1CC. The van der Waals surface area contributed by atoms with Gasteiger partial charge in [0.25, 0.3) is 5.91 Å². The Kier molecular flexibility index (Phi) is 5.91. The van der Waals surface area contributed by atoms with Crippen molar-refractivity contribution in [2.24, 2.45) is 0 Å². The van der Waals surface area contributed by atoms with E-state index in [1.807, 2.05) is 32.9 Å². The molecule has 1 atom stereocenters. The zero-order valence-electron chi connectivity index (χ0n) is 17.6. The number of benzene rings is 2. The smallest absolute Gasteiger partial charge is 0.414 e. The number of rotatable bonds is 3. The summed E-state index contributed by atoms with van der Waals surface area (Å²) in [5, 5.41) is 0. The van der Waals surface area contributed by atoms with Crippen molar-refractivity contribution in [3.8, 4) is 0 Å². The maximum Gasteiger partial charge on any atom is 0.414 e. The lowest BCUT2D eigenvalue weighted by atomic mass is 9.99. The van der Waals surface area contributed by atoms with Crippen LogP contribution in [0.15, 0.2) is 30.3 Å². The van der Waals surface area contributed by atoms with Crippen LogP contribution in [0.5, 0.6) is 0 Å². The van der Waals surface area contributed by atoms with Crippen LogP contribution in [0.1, 0.15) is 47.3 Å². The molecule has 0 radical (unpaired) electrons. The van der Waals surface area contributed by atoms with E-state index >= 15 is 0 Å². The van der Waals surface area contributed by atoms with Crippen molar-refractivity contribution >= 4 is 23.4 Å². The summed E-state index contributed by atoms with van der Waals surface area (Å²) in [5.41, 5.74) is 3.96. The van der Waals surface area contributed by atoms with E-state index in [0.29, 0.717) is 35.5 Å². The number of hydrogen-bond acceptors (Lipinski definition) is 3. The van der Waals surface area contributed by atoms with Gasteiger partial charge in [-0.1, -0.05) is 13.0 Å². The first-order valence-corrected chi connectivity index (χ1v) is 9.94. The minimum atomic E-state index is -0.419. The van der Waals surface area contributed by atoms with Gasteiger partial charge >= 0.3 is 6.09 Å². The van der Waals surface area contributed by atoms with E-state index in [-0.39, 0.29) is 18.6 Å². The Bertz CT molecular complexity index is 957. The predicted octanol–water partition coefficient (Wildman–Crippen LogP) is 5.15. The Hall–Kier alpha value is -2.89. The quantitative estimate of drug-likeness (QED) is 0.718. The average Bonchev–Trinajstić information content (AvgIpc) is 2.69. The van der Waals surface area contributed by atoms with Gasteiger partial charge in [0.15, 0.2) is 0 Å². The van der Waals surface area contributed by atoms with Crippen LogP contribution < -0.4 is 9.80 Å². The number of amides is 2. The zero-order valence-corrected chi connectivity index (χ0v) is 17.6. The van der Waals surface area contributed by atoms with E-state index < -0.39 is 11.9 Å². The second kappa shape index (κ2) is 8.23. The molecule has 6 heteroatoms. The van der Waals surface area contributed by atoms with Gasteiger partial charge in [0.05, 0.1) is 24.0 Å². The molecule has 1 aliphatic rings. The number of halogens is 1. The van der Waals surface area contributed by atoms with E-state index in [1.165, 1.54) is 6.07 Å². The first-order chi connectivity index (χ1) is 13.8. The Morgan fingerprint density at radius 1 is 1.10 bits per heavy atom. The first kappa shape index (κ1) is 20.8. The molecule has 0 bridgehead atoms. The van der Waals surface area contributed by atoms with Gasteiger partial charge in [0.2, 0.25) is 0 Å². The number of ether oxygens (including phenoxy) is 1. The van der Waals surface area contributed by atoms with E-state index in [0.717, 1.165) is 11.1 Å². The second-order valence-electron chi connectivity index (χ2n) is 7.38. The van der Waals surface area contributed by atoms with Crippen molar-refractivity contribution in [3.05, 3.63) is 58.4 Å². The Morgan fingerprint density at radius 2 is 1.76 bits per heavy atom. The van der Waals surface area contributed by atoms with Gasteiger partial charge in [-0.3, -0.25) is 9.69 Å². The van der Waals surface area contributed by atoms with Crippen LogP contribution in [-0.2, 0) is 4.74 Å². The molecule has 0 saturated carbocycles. The van der Waals surface area contributed by atoms with Crippen molar-refractivity contribution in [1.82, 2.24) is 0 Å². The van der Waals surface area contributed by atoms with Crippen molar-refractivity contribution in [3.63, 3.8) is 0 Å². The number of anilines is 2. The van der Waals surface area contributed by atoms with E-state index in [4.69, 9.17) is 4.74 Å². The molecule has 2 aromatic carbocycles. The fourth-order valence-corrected chi connectivity index (χ4v) is 3.71. The summed E-state index contributed by atoms with van der Waals surface area (Å²) in [7, 11) is 0. The highest BCUT2D eigenvalue weighted by atomic mass is 19.1. The Balaban J connectivity index is 2.15. The summed E-state index contributed by atoms with van der Waals surface area (Å²) in [6.45, 7) is 9.88. The molecule has 0 aromatic heterocycles. The number of fused-ring (bicyclic) bond motifs is 1. The molecule has 2 amide bonds. The average molecular weight is 398 g/mol. The summed E-state index contributed by atoms with van der Waals surface area (Å²) >= 11 is 0. The summed E-state index contributed by atoms with van der Waals surface area (Å²) in [5.74, 6) is -0.679. The lowest BCUT2D eigenvalue weighted by Gasteiger charge is -2.42. The van der Waals surface area contributed by atoms with Gasteiger partial charge in [-0.05, 0) is 75.1 Å². The highest BCUT2D eigenvalue weighted by Gasteiger charge is 2.38. The van der Waals surface area contributed by atoms with Gasteiger partial charge in [-0.2, -0.15) is 0 Å². The molecule has 0 N–H and O–H groups in total. The highest BCUT2D eigenvalue weighted by molar-refractivity contribution is 6.11. The molecule has 2 aromatic rings. The van der Waals surface area contributed by atoms with Crippen LogP contribution in [-0.4, -0.2) is 31.2 Å². The molecular weight excluding hydrogens is 371 g/mol. The normalized spacial score (nSPS) is 15.9. The molecule has 154 valence electrons. The molecule has 1 heterocycles. The summed E-state index contributed by atoms with van der Waals surface area (Å²) in [4.78, 5) is 29.4. The maximum absolute atomic E-state index is 14.1. The summed E-state index contributed by atoms with van der Waals surface area (Å²) < 4.78 is 19.4. The molecular formula is C23H27FN2O3. The van der Waals surface area contributed by atoms with E-state index in [2.05, 4.69) is 0 Å². The first-order valence-electron chi connectivity index (χ1n) is 9.94. The number of carbonyl (C=O) groups excluding carboxylic acids is 2. The van der Waals surface area contributed by atoms with Crippen LogP contribution in [0.2, 0.25) is 0 Å². The van der Waals surface area contributed by atoms with Crippen LogP contribution in [0.3, 0.4) is 0 Å². The lowest BCUT2D eigenvalue weighted by molar-refractivity contribution is 0.0980. The summed E-state index contributed by atoms with van der Waals surface area (Å²) in [6.07, 6.45) is 0.231. The number of nitrogens with zero attached hydrogens (tertiary/aromatic N) is 2. The Labute approximate surface area is 171 Å². The lowest BCUT2D eigenvalue weighted by Crippen LogP contribution is -2.53. The minimum Gasteiger partial charge on any atom is -0.449 e. The molecule has 0 aliphatic carbocycles. The van der Waals surface area contributed by atoms with Crippen molar-refractivity contribution in [1.29, 1.82) is 0 Å². The third kappa shape index (κ3) is 3.71. The van der Waals surface area contributed by atoms with Gasteiger partial charge in [0, 0.05) is 12.1 Å². The largest absolute Gasteiger partial charge is 0.449 e. The van der Waals surface area contributed by atoms with Gasteiger partial charge in [0.1, 0.15) is 5.82 Å². The van der Waals surface area contributed by atoms with Crippen molar-refractivity contribution in [2.45, 2.75) is 47.1 Å². The second-order valence-corrected chi connectivity index (χ2v) is 7.38. The van der Waals surface area contributed by atoms with Crippen molar-refractivity contribution < 1.29 is 18.7 Å². The van der Waals surface area contributed by atoms with Gasteiger partial charge in [-0.15, -0.1) is 0 Å². The zero-order chi connectivity index (χ0) is 21.3. The molecule has 0 spiro atoms. The maximum atomic E-state index is 14.1. The predicted molar refractivity (Wildman–Crippen MR) is 112 cm³/mol. The van der Waals surface area contributed by atoms with Gasteiger partial charge in [-0.25, -0.2) is 9.18 Å². The fraction of sp³-hybridized carbons (Fsp3) is 0.391. The molecule has 1 unspecified atom stereocenters. The monoisotopic (exact) mass is 398 g/mol. The standard InChI is InChI=1S/C23H27FN2O3/c1-6-17-13-25(22(27)18-9-8-10-19(24)16(18)5)20-11-14(3)15(4)12-21(20)26(17)23(28)29-7-2/h8-12,17H,6-7,13H2,1-5H3. The molecule has 0 saturated heterocycles. The fourth-order valence-electron chi connectivity index (χ4n) is 3.71. The van der Waals surface area contributed by atoms with Crippen LogP contribution in [0.4, 0.5) is 20.6 Å². The third-order valence-electron chi connectivity index (χ3n) is 5.58. The topological polar surface area (TPSA) is 49.9 Å². The minimum absolute atomic E-state index is 0.235. The molecule has 29 heavy (non-hydrogen) atoms. The molecule has 5 nitrogen and oxygen atoms in total.